The number of alkyl halides is 9. The molecule has 0 fully saturated rings. The van der Waals surface area contributed by atoms with Crippen LogP contribution in [0, 0.1) is 5.82 Å². The monoisotopic (exact) mass is 372 g/mol. The van der Waals surface area contributed by atoms with Crippen molar-refractivity contribution < 1.29 is 49.0 Å². The first-order valence-corrected chi connectivity index (χ1v) is 6.15. The Morgan fingerprint density at radius 2 is 1.29 bits per heavy atom. The standard InChI is InChI=1S/C13H10F10O/c1-9(24,7-4-2-3-5-8(7)14)6-10(15,16)11(17,18)12(19,20)13(21,22)23/h2-5,24H,6H2,1H3. The van der Waals surface area contributed by atoms with Crippen molar-refractivity contribution in [3.05, 3.63) is 35.6 Å². The van der Waals surface area contributed by atoms with Crippen molar-refractivity contribution in [1.82, 2.24) is 0 Å². The summed E-state index contributed by atoms with van der Waals surface area (Å²) in [5.41, 5.74) is -4.10. The number of halogens is 10. The van der Waals surface area contributed by atoms with Gasteiger partial charge in [-0.3, -0.25) is 0 Å². The molecule has 0 aliphatic carbocycles. The van der Waals surface area contributed by atoms with Gasteiger partial charge in [-0.25, -0.2) is 4.39 Å². The Morgan fingerprint density at radius 1 is 0.833 bits per heavy atom. The largest absolute Gasteiger partial charge is 0.460 e. The van der Waals surface area contributed by atoms with Gasteiger partial charge in [0.15, 0.2) is 0 Å². The summed E-state index contributed by atoms with van der Waals surface area (Å²) < 4.78 is 128. The molecule has 0 spiro atoms. The van der Waals surface area contributed by atoms with Gasteiger partial charge in [0.2, 0.25) is 0 Å². The molecule has 24 heavy (non-hydrogen) atoms. The summed E-state index contributed by atoms with van der Waals surface area (Å²) in [5.74, 6) is -21.3. The highest BCUT2D eigenvalue weighted by molar-refractivity contribution is 5.24. The Morgan fingerprint density at radius 3 is 1.71 bits per heavy atom. The molecule has 0 bridgehead atoms. The second-order valence-electron chi connectivity index (χ2n) is 5.28. The third-order valence-electron chi connectivity index (χ3n) is 3.23. The van der Waals surface area contributed by atoms with Gasteiger partial charge in [0.1, 0.15) is 5.82 Å². The van der Waals surface area contributed by atoms with Crippen molar-refractivity contribution in [2.75, 3.05) is 0 Å². The van der Waals surface area contributed by atoms with E-state index in [2.05, 4.69) is 0 Å². The van der Waals surface area contributed by atoms with Gasteiger partial charge in [-0.05, 0) is 13.0 Å². The molecular weight excluding hydrogens is 362 g/mol. The number of hydrogen-bond acceptors (Lipinski definition) is 1. The van der Waals surface area contributed by atoms with Crippen molar-refractivity contribution >= 4 is 0 Å². The molecule has 0 aliphatic heterocycles. The predicted octanol–water partition coefficient (Wildman–Crippen LogP) is 4.89. The topological polar surface area (TPSA) is 20.2 Å². The molecular formula is C13H10F10O. The van der Waals surface area contributed by atoms with Crippen LogP contribution in [0.2, 0.25) is 0 Å². The normalized spacial score (nSPS) is 16.8. The maximum Gasteiger partial charge on any atom is 0.460 e. The molecule has 0 radical (unpaired) electrons. The Kier molecular flexibility index (Phi) is 4.94. The maximum atomic E-state index is 13.5. The van der Waals surface area contributed by atoms with Crippen LogP contribution < -0.4 is 0 Å². The van der Waals surface area contributed by atoms with E-state index in [4.69, 9.17) is 0 Å². The first-order valence-electron chi connectivity index (χ1n) is 6.15. The van der Waals surface area contributed by atoms with Crippen LogP contribution in [0.25, 0.3) is 0 Å². The van der Waals surface area contributed by atoms with E-state index in [1.54, 1.807) is 0 Å². The summed E-state index contributed by atoms with van der Waals surface area (Å²) in [6.07, 6.45) is -9.52. The molecule has 0 aromatic heterocycles. The van der Waals surface area contributed by atoms with E-state index in [9.17, 15) is 49.0 Å². The minimum atomic E-state index is -7.06. The molecule has 1 unspecified atom stereocenters. The molecule has 1 rings (SSSR count). The molecule has 0 aliphatic rings. The minimum Gasteiger partial charge on any atom is -0.385 e. The molecule has 138 valence electrons. The smallest absolute Gasteiger partial charge is 0.385 e. The lowest BCUT2D eigenvalue weighted by molar-refractivity contribution is -0.400. The summed E-state index contributed by atoms with van der Waals surface area (Å²) in [6.45, 7) is 0.390. The van der Waals surface area contributed by atoms with Crippen molar-refractivity contribution in [1.29, 1.82) is 0 Å². The van der Waals surface area contributed by atoms with Gasteiger partial charge < -0.3 is 5.11 Å². The second kappa shape index (κ2) is 5.78. The Bertz CT molecular complexity index is 591. The lowest BCUT2D eigenvalue weighted by Gasteiger charge is -2.37. The van der Waals surface area contributed by atoms with E-state index in [1.807, 2.05) is 0 Å². The minimum absolute atomic E-state index is 0.390. The predicted molar refractivity (Wildman–Crippen MR) is 61.5 cm³/mol. The van der Waals surface area contributed by atoms with Crippen molar-refractivity contribution in [2.45, 2.75) is 42.9 Å². The maximum absolute atomic E-state index is 13.5. The highest BCUT2D eigenvalue weighted by Crippen LogP contribution is 2.55. The highest BCUT2D eigenvalue weighted by atomic mass is 19.4. The molecule has 0 amide bonds. The molecule has 1 aromatic carbocycles. The summed E-state index contributed by atoms with van der Waals surface area (Å²) in [5, 5.41) is 9.75. The fourth-order valence-corrected chi connectivity index (χ4v) is 1.94. The number of rotatable bonds is 5. The van der Waals surface area contributed by atoms with Crippen LogP contribution in [0.5, 0.6) is 0 Å². The van der Waals surface area contributed by atoms with E-state index in [-0.39, 0.29) is 0 Å². The lowest BCUT2D eigenvalue weighted by Crippen LogP contribution is -2.62. The van der Waals surface area contributed by atoms with Crippen molar-refractivity contribution in [3.63, 3.8) is 0 Å². The molecule has 1 N–H and O–H groups in total. The molecule has 0 saturated carbocycles. The van der Waals surface area contributed by atoms with Crippen LogP contribution >= 0.6 is 0 Å². The number of benzene rings is 1. The van der Waals surface area contributed by atoms with Crippen LogP contribution in [-0.2, 0) is 5.60 Å². The van der Waals surface area contributed by atoms with Crippen molar-refractivity contribution in [3.8, 4) is 0 Å². The quantitative estimate of drug-likeness (QED) is 0.730. The van der Waals surface area contributed by atoms with E-state index >= 15 is 0 Å². The van der Waals surface area contributed by atoms with Crippen LogP contribution in [0.4, 0.5) is 43.9 Å². The Hall–Kier alpha value is -1.52. The number of hydrogen-bond donors (Lipinski definition) is 1. The van der Waals surface area contributed by atoms with Gasteiger partial charge in [0, 0.05) is 5.56 Å². The third kappa shape index (κ3) is 3.31. The van der Waals surface area contributed by atoms with Gasteiger partial charge in [0.05, 0.1) is 12.0 Å². The Labute approximate surface area is 128 Å². The Balaban J connectivity index is 3.27. The third-order valence-corrected chi connectivity index (χ3v) is 3.23. The summed E-state index contributed by atoms with van der Waals surface area (Å²) in [6, 6.07) is 3.43. The van der Waals surface area contributed by atoms with Crippen LogP contribution in [0.1, 0.15) is 18.9 Å². The summed E-state index contributed by atoms with van der Waals surface area (Å²) in [7, 11) is 0. The molecule has 11 heteroatoms. The van der Waals surface area contributed by atoms with E-state index < -0.39 is 47.3 Å². The zero-order chi connectivity index (χ0) is 19.2. The summed E-state index contributed by atoms with van der Waals surface area (Å²) >= 11 is 0. The number of aliphatic hydroxyl groups is 1. The fraction of sp³-hybridized carbons (Fsp3) is 0.538. The summed E-state index contributed by atoms with van der Waals surface area (Å²) in [4.78, 5) is 0. The van der Waals surface area contributed by atoms with Crippen LogP contribution in [-0.4, -0.2) is 29.1 Å². The lowest BCUT2D eigenvalue weighted by atomic mass is 9.86. The van der Waals surface area contributed by atoms with Gasteiger partial charge in [0.25, 0.3) is 0 Å². The first kappa shape index (κ1) is 20.5. The first-order chi connectivity index (χ1) is 10.5. The van der Waals surface area contributed by atoms with Gasteiger partial charge in [-0.1, -0.05) is 18.2 Å². The van der Waals surface area contributed by atoms with Crippen LogP contribution in [0.15, 0.2) is 24.3 Å². The van der Waals surface area contributed by atoms with Gasteiger partial charge in [-0.2, -0.15) is 39.5 Å². The SMILES string of the molecule is CC(O)(CC(F)(F)C(F)(F)C(F)(F)C(F)(F)F)c1ccccc1F. The zero-order valence-corrected chi connectivity index (χ0v) is 11.7. The average Bonchev–Trinajstić information content (AvgIpc) is 2.35. The van der Waals surface area contributed by atoms with Gasteiger partial charge in [-0.15, -0.1) is 0 Å². The van der Waals surface area contributed by atoms with E-state index in [0.29, 0.717) is 19.1 Å². The average molecular weight is 372 g/mol. The van der Waals surface area contributed by atoms with Crippen molar-refractivity contribution in [2.24, 2.45) is 0 Å². The van der Waals surface area contributed by atoms with E-state index in [1.165, 1.54) is 0 Å². The molecule has 1 nitrogen and oxygen atoms in total. The van der Waals surface area contributed by atoms with Gasteiger partial charge >= 0.3 is 23.9 Å². The fourth-order valence-electron chi connectivity index (χ4n) is 1.94. The zero-order valence-electron chi connectivity index (χ0n) is 11.7. The second-order valence-corrected chi connectivity index (χ2v) is 5.28. The molecule has 0 saturated heterocycles. The molecule has 1 atom stereocenters. The van der Waals surface area contributed by atoms with Crippen LogP contribution in [0.3, 0.4) is 0 Å². The molecule has 1 aromatic rings. The highest BCUT2D eigenvalue weighted by Gasteiger charge is 2.82. The van der Waals surface area contributed by atoms with E-state index in [0.717, 1.165) is 12.1 Å². The molecule has 0 heterocycles.